The molecule has 1 aromatic carbocycles. The Bertz CT molecular complexity index is 1090. The number of aryl methyl sites for hydroxylation is 1. The Labute approximate surface area is 187 Å². The summed E-state index contributed by atoms with van der Waals surface area (Å²) in [5.41, 5.74) is 3.28. The number of aromatic nitrogens is 3. The van der Waals surface area contributed by atoms with Crippen LogP contribution in [-0.2, 0) is 6.54 Å². The average molecular weight is 438 g/mol. The lowest BCUT2D eigenvalue weighted by atomic mass is 9.96. The number of nitrogens with one attached hydrogen (secondary N) is 2. The lowest BCUT2D eigenvalue weighted by molar-refractivity contribution is 0.182. The summed E-state index contributed by atoms with van der Waals surface area (Å²) in [5.74, 6) is 2.02. The topological polar surface area (TPSA) is 73.9 Å². The molecule has 7 heteroatoms. The number of nitrogens with zero attached hydrogens (tertiary/aromatic N) is 3. The summed E-state index contributed by atoms with van der Waals surface area (Å²) in [6.45, 7) is 7.60. The number of piperidine rings is 1. The van der Waals surface area contributed by atoms with Gasteiger partial charge in [-0.05, 0) is 69.5 Å². The van der Waals surface area contributed by atoms with E-state index in [9.17, 15) is 4.79 Å². The van der Waals surface area contributed by atoms with Crippen molar-refractivity contribution < 1.29 is 0 Å². The van der Waals surface area contributed by atoms with Crippen LogP contribution < -0.4 is 10.9 Å². The smallest absolute Gasteiger partial charge is 0.254 e. The number of likely N-dealkylation sites (tertiary alicyclic amines) is 1. The first kappa shape index (κ1) is 21.5. The minimum absolute atomic E-state index is 0.106. The Kier molecular flexibility index (Phi) is 6.68. The second-order valence-corrected chi connectivity index (χ2v) is 8.66. The number of aromatic amines is 1. The van der Waals surface area contributed by atoms with Crippen LogP contribution in [0.15, 0.2) is 47.4 Å². The monoisotopic (exact) mass is 437 g/mol. The van der Waals surface area contributed by atoms with Gasteiger partial charge in [0.25, 0.3) is 5.56 Å². The number of hydrogen-bond donors (Lipinski definition) is 2. The second kappa shape index (κ2) is 9.62. The summed E-state index contributed by atoms with van der Waals surface area (Å²) in [6.07, 6.45) is 4.06. The van der Waals surface area contributed by atoms with Crippen molar-refractivity contribution >= 4 is 17.4 Å². The van der Waals surface area contributed by atoms with E-state index < -0.39 is 0 Å². The van der Waals surface area contributed by atoms with E-state index in [-0.39, 0.29) is 5.56 Å². The number of pyridine rings is 1. The number of hydrogen-bond acceptors (Lipinski definition) is 5. The lowest BCUT2D eigenvalue weighted by Gasteiger charge is -2.32. The molecule has 0 saturated carbocycles. The van der Waals surface area contributed by atoms with Crippen LogP contribution >= 0.6 is 11.6 Å². The number of anilines is 1. The molecule has 0 amide bonds. The predicted molar refractivity (Wildman–Crippen MR) is 126 cm³/mol. The van der Waals surface area contributed by atoms with E-state index in [1.165, 1.54) is 5.56 Å². The Morgan fingerprint density at radius 3 is 2.61 bits per heavy atom. The number of benzene rings is 1. The molecule has 0 radical (unpaired) electrons. The molecule has 1 aliphatic heterocycles. The summed E-state index contributed by atoms with van der Waals surface area (Å²) in [6, 6.07) is 12.0. The molecule has 2 N–H and O–H groups in total. The third-order valence-electron chi connectivity index (χ3n) is 6.06. The van der Waals surface area contributed by atoms with Crippen LogP contribution in [0.4, 0.5) is 5.82 Å². The molecule has 1 fully saturated rings. The highest BCUT2D eigenvalue weighted by Crippen LogP contribution is 2.23. The van der Waals surface area contributed by atoms with Crippen LogP contribution in [0, 0.1) is 19.8 Å². The zero-order valence-electron chi connectivity index (χ0n) is 18.0. The van der Waals surface area contributed by atoms with Gasteiger partial charge in [0.1, 0.15) is 11.6 Å². The first-order valence-electron chi connectivity index (χ1n) is 10.7. The average Bonchev–Trinajstić information content (AvgIpc) is 2.78. The molecule has 162 valence electrons. The van der Waals surface area contributed by atoms with Crippen LogP contribution in [0.25, 0.3) is 11.4 Å². The summed E-state index contributed by atoms with van der Waals surface area (Å²) in [7, 11) is 0. The molecule has 3 aromatic rings. The molecule has 2 aromatic heterocycles. The molecule has 1 aliphatic rings. The van der Waals surface area contributed by atoms with Gasteiger partial charge in [-0.3, -0.25) is 9.69 Å². The van der Waals surface area contributed by atoms with Gasteiger partial charge in [0.15, 0.2) is 0 Å². The largest absolute Gasteiger partial charge is 0.370 e. The number of halogens is 1. The summed E-state index contributed by atoms with van der Waals surface area (Å²) in [5, 5.41) is 4.30. The van der Waals surface area contributed by atoms with Gasteiger partial charge in [-0.1, -0.05) is 29.8 Å². The maximum Gasteiger partial charge on any atom is 0.254 e. The van der Waals surface area contributed by atoms with Gasteiger partial charge in [0.05, 0.1) is 0 Å². The van der Waals surface area contributed by atoms with Crippen molar-refractivity contribution in [2.24, 2.45) is 5.92 Å². The maximum absolute atomic E-state index is 12.0. The molecule has 0 bridgehead atoms. The molecule has 1 saturated heterocycles. The Morgan fingerprint density at radius 2 is 1.94 bits per heavy atom. The molecule has 0 atom stereocenters. The molecular formula is C24H28ClN5O. The fraction of sp³-hybridized carbons (Fsp3) is 0.375. The van der Waals surface area contributed by atoms with Gasteiger partial charge in [0.2, 0.25) is 0 Å². The summed E-state index contributed by atoms with van der Waals surface area (Å²) in [4.78, 5) is 26.2. The van der Waals surface area contributed by atoms with Crippen molar-refractivity contribution in [1.29, 1.82) is 0 Å². The summed E-state index contributed by atoms with van der Waals surface area (Å²) >= 11 is 6.30. The van der Waals surface area contributed by atoms with Gasteiger partial charge < -0.3 is 10.3 Å². The molecule has 6 nitrogen and oxygen atoms in total. The van der Waals surface area contributed by atoms with Crippen LogP contribution in [0.3, 0.4) is 0 Å². The van der Waals surface area contributed by atoms with Gasteiger partial charge in [-0.25, -0.2) is 9.97 Å². The highest BCUT2D eigenvalue weighted by atomic mass is 35.5. The second-order valence-electron chi connectivity index (χ2n) is 8.25. The highest BCUT2D eigenvalue weighted by Gasteiger charge is 2.19. The SMILES string of the molecule is Cc1nc(-c2ccc(NCC3CCN(Cc4ccccc4Cl)CC3)nc2)[nH]c(=O)c1C. The summed E-state index contributed by atoms with van der Waals surface area (Å²) < 4.78 is 0. The van der Waals surface area contributed by atoms with Crippen LogP contribution in [-0.4, -0.2) is 39.5 Å². The standard InChI is InChI=1S/C24H28ClN5O/c1-16-17(2)28-23(29-24(16)31)19-7-8-22(27-14-19)26-13-18-9-11-30(12-10-18)15-20-5-3-4-6-21(20)25/h3-8,14,18H,9-13,15H2,1-2H3,(H,26,27)(H,28,29,31). The van der Waals surface area contributed by atoms with Gasteiger partial charge in [-0.2, -0.15) is 0 Å². The molecule has 31 heavy (non-hydrogen) atoms. The van der Waals surface area contributed by atoms with E-state index in [1.807, 2.05) is 37.3 Å². The van der Waals surface area contributed by atoms with E-state index in [4.69, 9.17) is 11.6 Å². The lowest BCUT2D eigenvalue weighted by Crippen LogP contribution is -2.35. The Balaban J connectivity index is 1.28. The normalized spacial score (nSPS) is 15.2. The quantitative estimate of drug-likeness (QED) is 0.596. The number of rotatable bonds is 6. The van der Waals surface area contributed by atoms with Crippen LogP contribution in [0.2, 0.25) is 5.02 Å². The third kappa shape index (κ3) is 5.32. The van der Waals surface area contributed by atoms with Crippen molar-refractivity contribution in [3.05, 3.63) is 74.8 Å². The maximum atomic E-state index is 12.0. The van der Waals surface area contributed by atoms with Crippen molar-refractivity contribution in [3.8, 4) is 11.4 Å². The minimum atomic E-state index is -0.106. The Morgan fingerprint density at radius 1 is 1.16 bits per heavy atom. The first-order valence-corrected chi connectivity index (χ1v) is 11.1. The zero-order valence-corrected chi connectivity index (χ0v) is 18.7. The van der Waals surface area contributed by atoms with Crippen molar-refractivity contribution in [3.63, 3.8) is 0 Å². The Hall–Kier alpha value is -2.70. The number of H-pyrrole nitrogens is 1. The van der Waals surface area contributed by atoms with Crippen LogP contribution in [0.5, 0.6) is 0 Å². The molecular weight excluding hydrogens is 410 g/mol. The van der Waals surface area contributed by atoms with E-state index in [0.717, 1.165) is 61.1 Å². The molecule has 0 unspecified atom stereocenters. The molecule has 0 spiro atoms. The fourth-order valence-electron chi connectivity index (χ4n) is 3.89. The zero-order chi connectivity index (χ0) is 21.8. The highest BCUT2D eigenvalue weighted by molar-refractivity contribution is 6.31. The fourth-order valence-corrected chi connectivity index (χ4v) is 4.08. The van der Waals surface area contributed by atoms with Gasteiger partial charge in [-0.15, -0.1) is 0 Å². The van der Waals surface area contributed by atoms with E-state index >= 15 is 0 Å². The molecule has 0 aliphatic carbocycles. The minimum Gasteiger partial charge on any atom is -0.370 e. The van der Waals surface area contributed by atoms with E-state index in [0.29, 0.717) is 17.3 Å². The van der Waals surface area contributed by atoms with Crippen molar-refractivity contribution in [2.75, 3.05) is 25.0 Å². The molecule has 3 heterocycles. The third-order valence-corrected chi connectivity index (χ3v) is 6.43. The van der Waals surface area contributed by atoms with Gasteiger partial charge >= 0.3 is 0 Å². The van der Waals surface area contributed by atoms with E-state index in [1.54, 1.807) is 13.1 Å². The first-order chi connectivity index (χ1) is 15.0. The van der Waals surface area contributed by atoms with Crippen molar-refractivity contribution in [1.82, 2.24) is 19.9 Å². The van der Waals surface area contributed by atoms with Gasteiger partial charge in [0, 0.05) is 41.1 Å². The molecule has 4 rings (SSSR count). The van der Waals surface area contributed by atoms with Crippen molar-refractivity contribution in [2.45, 2.75) is 33.2 Å². The van der Waals surface area contributed by atoms with Crippen LogP contribution in [0.1, 0.15) is 29.7 Å². The predicted octanol–water partition coefficient (Wildman–Crippen LogP) is 4.43. The van der Waals surface area contributed by atoms with E-state index in [2.05, 4.69) is 31.2 Å².